The van der Waals surface area contributed by atoms with E-state index in [2.05, 4.69) is 18.9 Å². The van der Waals surface area contributed by atoms with E-state index in [0.29, 0.717) is 29.6 Å². The first kappa shape index (κ1) is 17.8. The minimum absolute atomic E-state index is 0.0302. The Labute approximate surface area is 162 Å². The second-order valence-electron chi connectivity index (χ2n) is 9.91. The summed E-state index contributed by atoms with van der Waals surface area (Å²) in [6.07, 6.45) is 16.9. The SMILES string of the molecule is C#C[C@]1(OC(C)=O)[C@@H]2C[C@@H]2[C@H]2[C@@H]3CCC4=C[C@@H](O)CC[C@@H]4[C@H]3CC[C@@]21CC. The zero-order valence-electron chi connectivity index (χ0n) is 16.6. The van der Waals surface area contributed by atoms with Crippen LogP contribution >= 0.6 is 0 Å². The number of rotatable bonds is 2. The first-order valence-electron chi connectivity index (χ1n) is 11.0. The molecule has 3 heteroatoms. The van der Waals surface area contributed by atoms with Gasteiger partial charge in [0.15, 0.2) is 5.60 Å². The predicted octanol–water partition coefficient (Wildman–Crippen LogP) is 4.10. The van der Waals surface area contributed by atoms with Gasteiger partial charge in [-0.15, -0.1) is 6.42 Å². The van der Waals surface area contributed by atoms with Gasteiger partial charge < -0.3 is 9.84 Å². The van der Waals surface area contributed by atoms with Crippen LogP contribution in [0, 0.1) is 53.3 Å². The summed E-state index contributed by atoms with van der Waals surface area (Å²) >= 11 is 0. The molecule has 0 bridgehead atoms. The number of carbonyl (C=O) groups is 1. The first-order chi connectivity index (χ1) is 13.0. The lowest BCUT2D eigenvalue weighted by molar-refractivity contribution is -0.178. The highest BCUT2D eigenvalue weighted by Gasteiger charge is 2.78. The lowest BCUT2D eigenvalue weighted by Gasteiger charge is -2.58. The molecule has 9 atom stereocenters. The number of hydrogen-bond acceptors (Lipinski definition) is 3. The number of hydrogen-bond donors (Lipinski definition) is 1. The number of aliphatic hydroxyl groups is 1. The van der Waals surface area contributed by atoms with E-state index in [1.54, 1.807) is 0 Å². The van der Waals surface area contributed by atoms with Crippen LogP contribution in [0.15, 0.2) is 11.6 Å². The summed E-state index contributed by atoms with van der Waals surface area (Å²) in [5.41, 5.74) is 0.817. The Hall–Kier alpha value is -1.27. The van der Waals surface area contributed by atoms with Crippen molar-refractivity contribution in [2.24, 2.45) is 40.9 Å². The van der Waals surface area contributed by atoms with Gasteiger partial charge in [0, 0.05) is 18.3 Å². The molecule has 0 heterocycles. The average Bonchev–Trinajstić information content (AvgIpc) is 3.41. The standard InChI is InChI=1S/C24H32O3/c1-4-23-11-10-18-17-9-7-16(26)12-15(17)6-8-19(18)22(23)20-13-21(20)24(23,5-2)27-14(3)25/h2,12,16-22,26H,4,6-11,13H2,1,3H3/t16-,17-,18+,19+,20-,21+,22+,23-,24-/m0/s1. The molecule has 5 rings (SSSR count). The minimum atomic E-state index is -0.674. The molecule has 0 aliphatic heterocycles. The summed E-state index contributed by atoms with van der Waals surface area (Å²) in [7, 11) is 0. The summed E-state index contributed by atoms with van der Waals surface area (Å²) < 4.78 is 6.05. The Kier molecular flexibility index (Phi) is 3.87. The highest BCUT2D eigenvalue weighted by Crippen LogP contribution is 2.77. The largest absolute Gasteiger partial charge is 0.445 e. The van der Waals surface area contributed by atoms with E-state index >= 15 is 0 Å². The number of ether oxygens (including phenoxy) is 1. The third-order valence-corrected chi connectivity index (χ3v) is 9.23. The molecule has 0 aromatic heterocycles. The molecule has 0 saturated heterocycles. The Morgan fingerprint density at radius 1 is 1.30 bits per heavy atom. The van der Waals surface area contributed by atoms with Crippen molar-refractivity contribution in [1.29, 1.82) is 0 Å². The fourth-order valence-corrected chi connectivity index (χ4v) is 8.42. The monoisotopic (exact) mass is 368 g/mol. The van der Waals surface area contributed by atoms with Crippen molar-refractivity contribution in [3.63, 3.8) is 0 Å². The topological polar surface area (TPSA) is 46.5 Å². The van der Waals surface area contributed by atoms with Crippen LogP contribution in [0.1, 0.15) is 65.2 Å². The lowest BCUT2D eigenvalue weighted by Crippen LogP contribution is -2.57. The Bertz CT molecular complexity index is 732. The Morgan fingerprint density at radius 2 is 2.11 bits per heavy atom. The molecule has 146 valence electrons. The quantitative estimate of drug-likeness (QED) is 0.453. The van der Waals surface area contributed by atoms with Crippen molar-refractivity contribution in [3.8, 4) is 12.3 Å². The first-order valence-corrected chi connectivity index (χ1v) is 11.0. The van der Waals surface area contributed by atoms with Crippen LogP contribution in [0.3, 0.4) is 0 Å². The second-order valence-corrected chi connectivity index (χ2v) is 9.91. The zero-order valence-corrected chi connectivity index (χ0v) is 16.6. The van der Waals surface area contributed by atoms with Gasteiger partial charge in [0.25, 0.3) is 0 Å². The maximum absolute atomic E-state index is 12.0. The van der Waals surface area contributed by atoms with Crippen LogP contribution in [-0.4, -0.2) is 22.8 Å². The molecule has 0 aromatic carbocycles. The zero-order chi connectivity index (χ0) is 19.0. The van der Waals surface area contributed by atoms with E-state index < -0.39 is 5.60 Å². The van der Waals surface area contributed by atoms with E-state index in [-0.39, 0.29) is 17.5 Å². The molecule has 3 nitrogen and oxygen atoms in total. The van der Waals surface area contributed by atoms with Gasteiger partial charge in [0.05, 0.1) is 6.10 Å². The molecule has 0 aromatic rings. The van der Waals surface area contributed by atoms with Gasteiger partial charge in [-0.1, -0.05) is 24.5 Å². The highest BCUT2D eigenvalue weighted by molar-refractivity contribution is 5.68. The smallest absolute Gasteiger partial charge is 0.304 e. The fourth-order valence-electron chi connectivity index (χ4n) is 8.42. The van der Waals surface area contributed by atoms with E-state index in [4.69, 9.17) is 11.2 Å². The maximum atomic E-state index is 12.0. The number of allylic oxidation sites excluding steroid dienone is 1. The molecule has 27 heavy (non-hydrogen) atoms. The van der Waals surface area contributed by atoms with Gasteiger partial charge in [-0.2, -0.15) is 0 Å². The number of esters is 1. The van der Waals surface area contributed by atoms with Crippen LogP contribution in [0.5, 0.6) is 0 Å². The predicted molar refractivity (Wildman–Crippen MR) is 103 cm³/mol. The highest BCUT2D eigenvalue weighted by atomic mass is 16.6. The summed E-state index contributed by atoms with van der Waals surface area (Å²) in [5.74, 6) is 6.57. The maximum Gasteiger partial charge on any atom is 0.304 e. The van der Waals surface area contributed by atoms with Gasteiger partial charge in [-0.3, -0.25) is 4.79 Å². The minimum Gasteiger partial charge on any atom is -0.445 e. The van der Waals surface area contributed by atoms with Gasteiger partial charge in [0.1, 0.15) is 0 Å². The molecule has 1 N–H and O–H groups in total. The lowest BCUT2D eigenvalue weighted by atomic mass is 9.48. The summed E-state index contributed by atoms with van der Waals surface area (Å²) in [6.45, 7) is 3.78. The van der Waals surface area contributed by atoms with E-state index in [1.165, 1.54) is 25.3 Å². The molecule has 5 aliphatic carbocycles. The second kappa shape index (κ2) is 5.86. The molecule has 0 amide bonds. The van der Waals surface area contributed by atoms with Crippen LogP contribution in [0.25, 0.3) is 0 Å². The van der Waals surface area contributed by atoms with Crippen LogP contribution in [-0.2, 0) is 9.53 Å². The van der Waals surface area contributed by atoms with Crippen molar-refractivity contribution in [2.75, 3.05) is 0 Å². The summed E-state index contributed by atoms with van der Waals surface area (Å²) in [4.78, 5) is 12.0. The van der Waals surface area contributed by atoms with Crippen LogP contribution in [0.2, 0.25) is 0 Å². The van der Waals surface area contributed by atoms with Crippen LogP contribution in [0.4, 0.5) is 0 Å². The summed E-state index contributed by atoms with van der Waals surface area (Å²) in [6, 6.07) is 0. The molecule has 0 unspecified atom stereocenters. The molecule has 4 saturated carbocycles. The van der Waals surface area contributed by atoms with E-state index in [1.807, 2.05) is 0 Å². The van der Waals surface area contributed by atoms with Crippen molar-refractivity contribution in [3.05, 3.63) is 11.6 Å². The third-order valence-electron chi connectivity index (χ3n) is 9.23. The third kappa shape index (κ3) is 2.17. The average molecular weight is 369 g/mol. The number of terminal acetylenes is 1. The van der Waals surface area contributed by atoms with E-state index in [9.17, 15) is 9.90 Å². The molecule has 4 fully saturated rings. The number of carbonyl (C=O) groups excluding carboxylic acids is 1. The van der Waals surface area contributed by atoms with Crippen molar-refractivity contribution in [1.82, 2.24) is 0 Å². The molecule has 0 spiro atoms. The Morgan fingerprint density at radius 3 is 2.81 bits per heavy atom. The van der Waals surface area contributed by atoms with Gasteiger partial charge in [0.2, 0.25) is 0 Å². The molecular weight excluding hydrogens is 336 g/mol. The number of aliphatic hydroxyl groups excluding tert-OH is 1. The van der Waals surface area contributed by atoms with Gasteiger partial charge >= 0.3 is 5.97 Å². The molecular formula is C24H32O3. The van der Waals surface area contributed by atoms with Gasteiger partial charge in [-0.05, 0) is 81.0 Å². The van der Waals surface area contributed by atoms with Crippen molar-refractivity contribution >= 4 is 5.97 Å². The van der Waals surface area contributed by atoms with Gasteiger partial charge in [-0.25, -0.2) is 0 Å². The fraction of sp³-hybridized carbons (Fsp3) is 0.792. The normalized spacial score (nSPS) is 52.4. The van der Waals surface area contributed by atoms with E-state index in [0.717, 1.165) is 44.4 Å². The summed E-state index contributed by atoms with van der Waals surface area (Å²) in [5, 5.41) is 10.1. The van der Waals surface area contributed by atoms with Crippen molar-refractivity contribution < 1.29 is 14.6 Å². The van der Waals surface area contributed by atoms with Crippen LogP contribution < -0.4 is 0 Å². The molecule has 0 radical (unpaired) electrons. The Balaban J connectivity index is 1.53. The molecule has 5 aliphatic rings. The van der Waals surface area contributed by atoms with Crippen molar-refractivity contribution in [2.45, 2.75) is 76.9 Å². The number of fused-ring (bicyclic) bond motifs is 7.